The van der Waals surface area contributed by atoms with Gasteiger partial charge in [0.05, 0.1) is 3.57 Å². The smallest absolute Gasteiger partial charge is 0.341 e. The largest absolute Gasteiger partial charge is 0.481 e. The second kappa shape index (κ2) is 4.66. The SMILES string of the molecule is O=C(O)COc1cc(Cl)ccc1I. The van der Waals surface area contributed by atoms with E-state index in [4.69, 9.17) is 21.4 Å². The highest BCUT2D eigenvalue weighted by atomic mass is 127. The molecule has 0 atom stereocenters. The van der Waals surface area contributed by atoms with Crippen LogP contribution in [0.2, 0.25) is 5.02 Å². The molecule has 0 unspecified atom stereocenters. The highest BCUT2D eigenvalue weighted by Crippen LogP contribution is 2.24. The first-order valence-electron chi connectivity index (χ1n) is 3.39. The van der Waals surface area contributed by atoms with Gasteiger partial charge in [-0.05, 0) is 40.8 Å². The van der Waals surface area contributed by atoms with Gasteiger partial charge in [0.2, 0.25) is 0 Å². The Balaban J connectivity index is 2.75. The van der Waals surface area contributed by atoms with Crippen molar-refractivity contribution in [3.05, 3.63) is 26.8 Å². The zero-order valence-corrected chi connectivity index (χ0v) is 9.37. The van der Waals surface area contributed by atoms with Gasteiger partial charge in [-0.2, -0.15) is 0 Å². The Kier molecular flexibility index (Phi) is 3.80. The van der Waals surface area contributed by atoms with E-state index >= 15 is 0 Å². The second-order valence-corrected chi connectivity index (χ2v) is 3.86. The molecule has 0 saturated carbocycles. The van der Waals surface area contributed by atoms with Crippen molar-refractivity contribution in [3.63, 3.8) is 0 Å². The molecule has 0 radical (unpaired) electrons. The lowest BCUT2D eigenvalue weighted by atomic mass is 10.3. The molecule has 1 aromatic carbocycles. The molecule has 1 rings (SSSR count). The predicted molar refractivity (Wildman–Crippen MR) is 57.3 cm³/mol. The average Bonchev–Trinajstić information content (AvgIpc) is 2.06. The van der Waals surface area contributed by atoms with Crippen LogP contribution < -0.4 is 4.74 Å². The summed E-state index contributed by atoms with van der Waals surface area (Å²) < 4.78 is 5.82. The van der Waals surface area contributed by atoms with E-state index in [1.807, 2.05) is 22.6 Å². The number of aliphatic carboxylic acids is 1. The van der Waals surface area contributed by atoms with Gasteiger partial charge in [-0.1, -0.05) is 11.6 Å². The highest BCUT2D eigenvalue weighted by molar-refractivity contribution is 14.1. The monoisotopic (exact) mass is 312 g/mol. The molecule has 0 fully saturated rings. The van der Waals surface area contributed by atoms with Gasteiger partial charge in [-0.25, -0.2) is 4.79 Å². The number of benzene rings is 1. The van der Waals surface area contributed by atoms with E-state index < -0.39 is 5.97 Å². The minimum Gasteiger partial charge on any atom is -0.481 e. The fourth-order valence-electron chi connectivity index (χ4n) is 0.727. The van der Waals surface area contributed by atoms with Crippen molar-refractivity contribution in [3.8, 4) is 5.75 Å². The minimum atomic E-state index is -1.00. The quantitative estimate of drug-likeness (QED) is 0.872. The summed E-state index contributed by atoms with van der Waals surface area (Å²) in [6.45, 7) is -0.351. The summed E-state index contributed by atoms with van der Waals surface area (Å²) in [7, 11) is 0. The highest BCUT2D eigenvalue weighted by Gasteiger charge is 2.04. The summed E-state index contributed by atoms with van der Waals surface area (Å²) >= 11 is 7.75. The minimum absolute atomic E-state index is 0.351. The van der Waals surface area contributed by atoms with Crippen LogP contribution >= 0.6 is 34.2 Å². The number of carboxylic acid groups (broad SMARTS) is 1. The van der Waals surface area contributed by atoms with Crippen LogP contribution in [0.3, 0.4) is 0 Å². The van der Waals surface area contributed by atoms with Crippen LogP contribution in [-0.4, -0.2) is 17.7 Å². The number of halogens is 2. The molecule has 0 aliphatic heterocycles. The third kappa shape index (κ3) is 3.40. The van der Waals surface area contributed by atoms with Crippen LogP contribution in [0.15, 0.2) is 18.2 Å². The molecule has 70 valence electrons. The van der Waals surface area contributed by atoms with Crippen molar-refractivity contribution in [1.82, 2.24) is 0 Å². The summed E-state index contributed by atoms with van der Waals surface area (Å²) in [4.78, 5) is 10.2. The van der Waals surface area contributed by atoms with Crippen LogP contribution in [-0.2, 0) is 4.79 Å². The van der Waals surface area contributed by atoms with Crippen molar-refractivity contribution in [2.75, 3.05) is 6.61 Å². The fraction of sp³-hybridized carbons (Fsp3) is 0.125. The Morgan fingerprint density at radius 2 is 2.31 bits per heavy atom. The molecule has 0 saturated heterocycles. The number of hydrogen-bond donors (Lipinski definition) is 1. The standard InChI is InChI=1S/C8H6ClIO3/c9-5-1-2-6(10)7(3-5)13-4-8(11)12/h1-3H,4H2,(H,11,12). The maximum atomic E-state index is 10.2. The van der Waals surface area contributed by atoms with E-state index in [0.29, 0.717) is 10.8 Å². The molecular weight excluding hydrogens is 306 g/mol. The van der Waals surface area contributed by atoms with E-state index in [-0.39, 0.29) is 6.61 Å². The van der Waals surface area contributed by atoms with Gasteiger partial charge in [-0.3, -0.25) is 0 Å². The summed E-state index contributed by atoms with van der Waals surface area (Å²) in [6.07, 6.45) is 0. The molecule has 3 nitrogen and oxygen atoms in total. The second-order valence-electron chi connectivity index (χ2n) is 2.26. The zero-order chi connectivity index (χ0) is 9.84. The molecule has 0 bridgehead atoms. The zero-order valence-electron chi connectivity index (χ0n) is 6.46. The number of carbonyl (C=O) groups is 1. The number of ether oxygens (including phenoxy) is 1. The van der Waals surface area contributed by atoms with E-state index in [1.165, 1.54) is 0 Å². The third-order valence-electron chi connectivity index (χ3n) is 1.24. The summed E-state index contributed by atoms with van der Waals surface area (Å²) in [5, 5.41) is 8.90. The predicted octanol–water partition coefficient (Wildman–Crippen LogP) is 2.41. The van der Waals surface area contributed by atoms with E-state index in [2.05, 4.69) is 0 Å². The molecule has 1 aromatic rings. The number of carboxylic acids is 1. The Hall–Kier alpha value is -0.490. The van der Waals surface area contributed by atoms with Gasteiger partial charge in [0, 0.05) is 5.02 Å². The van der Waals surface area contributed by atoms with Crippen molar-refractivity contribution in [1.29, 1.82) is 0 Å². The first-order valence-corrected chi connectivity index (χ1v) is 4.85. The summed E-state index contributed by atoms with van der Waals surface area (Å²) in [5.74, 6) is -0.508. The van der Waals surface area contributed by atoms with Crippen molar-refractivity contribution < 1.29 is 14.6 Å². The van der Waals surface area contributed by atoms with Gasteiger partial charge in [0.25, 0.3) is 0 Å². The van der Waals surface area contributed by atoms with Crippen LogP contribution in [0, 0.1) is 3.57 Å². The first kappa shape index (κ1) is 10.6. The molecule has 0 aliphatic rings. The average molecular weight is 312 g/mol. The van der Waals surface area contributed by atoms with Gasteiger partial charge < -0.3 is 9.84 Å². The lowest BCUT2D eigenvalue weighted by Crippen LogP contribution is -2.09. The van der Waals surface area contributed by atoms with E-state index in [0.717, 1.165) is 3.57 Å². The Labute approximate surface area is 93.8 Å². The Morgan fingerprint density at radius 1 is 1.62 bits per heavy atom. The maximum absolute atomic E-state index is 10.2. The van der Waals surface area contributed by atoms with Crippen LogP contribution in [0.25, 0.3) is 0 Å². The lowest BCUT2D eigenvalue weighted by molar-refractivity contribution is -0.139. The molecular formula is C8H6ClIO3. The van der Waals surface area contributed by atoms with Crippen molar-refractivity contribution >= 4 is 40.2 Å². The van der Waals surface area contributed by atoms with Crippen LogP contribution in [0.1, 0.15) is 0 Å². The summed E-state index contributed by atoms with van der Waals surface area (Å²) in [5.41, 5.74) is 0. The molecule has 5 heteroatoms. The van der Waals surface area contributed by atoms with Gasteiger partial charge in [0.15, 0.2) is 6.61 Å². The van der Waals surface area contributed by atoms with Crippen molar-refractivity contribution in [2.45, 2.75) is 0 Å². The fourth-order valence-corrected chi connectivity index (χ4v) is 1.38. The normalized spacial score (nSPS) is 9.69. The van der Waals surface area contributed by atoms with Gasteiger partial charge >= 0.3 is 5.97 Å². The molecule has 0 aromatic heterocycles. The maximum Gasteiger partial charge on any atom is 0.341 e. The molecule has 1 N–H and O–H groups in total. The summed E-state index contributed by atoms with van der Waals surface area (Å²) in [6, 6.07) is 5.07. The first-order chi connectivity index (χ1) is 6.09. The Morgan fingerprint density at radius 3 is 2.92 bits per heavy atom. The number of rotatable bonds is 3. The topological polar surface area (TPSA) is 46.5 Å². The van der Waals surface area contributed by atoms with Crippen LogP contribution in [0.4, 0.5) is 0 Å². The molecule has 0 spiro atoms. The van der Waals surface area contributed by atoms with Crippen LogP contribution in [0.5, 0.6) is 5.75 Å². The van der Waals surface area contributed by atoms with Crippen molar-refractivity contribution in [2.24, 2.45) is 0 Å². The number of hydrogen-bond acceptors (Lipinski definition) is 2. The van der Waals surface area contributed by atoms with E-state index in [9.17, 15) is 4.79 Å². The van der Waals surface area contributed by atoms with Gasteiger partial charge in [-0.15, -0.1) is 0 Å². The van der Waals surface area contributed by atoms with E-state index in [1.54, 1.807) is 18.2 Å². The molecule has 13 heavy (non-hydrogen) atoms. The Bertz CT molecular complexity index is 327. The molecule has 0 heterocycles. The molecule has 0 aliphatic carbocycles. The van der Waals surface area contributed by atoms with Gasteiger partial charge in [0.1, 0.15) is 5.75 Å². The molecule has 0 amide bonds. The third-order valence-corrected chi connectivity index (χ3v) is 2.37. The lowest BCUT2D eigenvalue weighted by Gasteiger charge is -2.05.